The molecule has 2 amide bonds. The second-order valence-corrected chi connectivity index (χ2v) is 8.75. The zero-order valence-corrected chi connectivity index (χ0v) is 19.9. The van der Waals surface area contributed by atoms with Gasteiger partial charge in [0.05, 0.1) is 16.1 Å². The molecule has 2 aromatic carbocycles. The summed E-state index contributed by atoms with van der Waals surface area (Å²) in [5.41, 5.74) is -1.52. The van der Waals surface area contributed by atoms with Crippen LogP contribution in [0.25, 0.3) is 0 Å². The Morgan fingerprint density at radius 3 is 2.34 bits per heavy atom. The Kier molecular flexibility index (Phi) is 9.51. The van der Waals surface area contributed by atoms with Gasteiger partial charge in [-0.1, -0.05) is 47.5 Å². The van der Waals surface area contributed by atoms with Crippen molar-refractivity contribution in [2.75, 3.05) is 13.6 Å². The van der Waals surface area contributed by atoms with Crippen LogP contribution in [0.2, 0.25) is 10.0 Å². The molecule has 0 aliphatic heterocycles. The standard InChI is InChI=1S/C23H22Cl2F4N2O4/c1-31(19(33)12-23(27,28)29)13-22(9-4-10-32,14-7-8-16(24)17(25)11-14)20(30-21(34)35)15-5-2-3-6-18(15)26/h2-3,5-8,10-11,20,30H,4,9,12-13H2,1H3,(H,34,35)/t20?,22-/m1/s1. The van der Waals surface area contributed by atoms with E-state index in [0.717, 1.165) is 18.0 Å². The van der Waals surface area contributed by atoms with Crippen LogP contribution < -0.4 is 5.32 Å². The van der Waals surface area contributed by atoms with Gasteiger partial charge in [0.2, 0.25) is 5.91 Å². The van der Waals surface area contributed by atoms with Crippen molar-refractivity contribution in [1.82, 2.24) is 10.2 Å². The van der Waals surface area contributed by atoms with Crippen molar-refractivity contribution in [3.8, 4) is 0 Å². The highest BCUT2D eigenvalue weighted by Crippen LogP contribution is 2.44. The van der Waals surface area contributed by atoms with Gasteiger partial charge in [-0.15, -0.1) is 0 Å². The lowest BCUT2D eigenvalue weighted by atomic mass is 9.68. The van der Waals surface area contributed by atoms with Gasteiger partial charge in [0, 0.05) is 31.0 Å². The molecule has 2 aromatic rings. The first-order valence-corrected chi connectivity index (χ1v) is 11.0. The molecule has 0 fully saturated rings. The number of nitrogens with zero attached hydrogens (tertiary/aromatic N) is 1. The van der Waals surface area contributed by atoms with Crippen molar-refractivity contribution < 1.29 is 37.1 Å². The van der Waals surface area contributed by atoms with Crippen molar-refractivity contribution in [2.24, 2.45) is 0 Å². The van der Waals surface area contributed by atoms with Crippen molar-refractivity contribution in [2.45, 2.75) is 36.9 Å². The Balaban J connectivity index is 2.80. The average molecular weight is 537 g/mol. The summed E-state index contributed by atoms with van der Waals surface area (Å²) in [6.07, 6.45) is -7.93. The summed E-state index contributed by atoms with van der Waals surface area (Å²) in [5.74, 6) is -2.10. The SMILES string of the molecule is CN(C[C@](CCC=O)(c1ccc(Cl)c(Cl)c1)C(NC(=O)O)c1ccccc1F)C(=O)CC(F)(F)F. The number of nitrogens with one attached hydrogen (secondary N) is 1. The molecule has 0 aliphatic carbocycles. The molecule has 6 nitrogen and oxygen atoms in total. The van der Waals surface area contributed by atoms with Crippen molar-refractivity contribution in [3.05, 3.63) is 69.5 Å². The normalized spacial score (nSPS) is 14.0. The zero-order valence-electron chi connectivity index (χ0n) is 18.4. The van der Waals surface area contributed by atoms with Crippen LogP contribution in [0.3, 0.4) is 0 Å². The summed E-state index contributed by atoms with van der Waals surface area (Å²) < 4.78 is 53.7. The summed E-state index contributed by atoms with van der Waals surface area (Å²) in [5, 5.41) is 12.0. The molecule has 0 saturated heterocycles. The fourth-order valence-electron chi connectivity index (χ4n) is 4.00. The number of carbonyl (C=O) groups excluding carboxylic acids is 2. The molecule has 12 heteroatoms. The third-order valence-corrected chi connectivity index (χ3v) is 6.28. The van der Waals surface area contributed by atoms with E-state index in [4.69, 9.17) is 23.2 Å². The molecular formula is C23H22Cl2F4N2O4. The van der Waals surface area contributed by atoms with E-state index in [1.165, 1.54) is 36.4 Å². The predicted molar refractivity (Wildman–Crippen MR) is 122 cm³/mol. The van der Waals surface area contributed by atoms with Crippen LogP contribution in [-0.2, 0) is 15.0 Å². The number of carbonyl (C=O) groups is 3. The molecule has 2 N–H and O–H groups in total. The van der Waals surface area contributed by atoms with Gasteiger partial charge in [-0.05, 0) is 30.2 Å². The molecule has 0 aromatic heterocycles. The smallest absolute Gasteiger partial charge is 0.405 e. The second kappa shape index (κ2) is 11.7. The molecule has 2 atom stereocenters. The second-order valence-electron chi connectivity index (χ2n) is 7.94. The first-order chi connectivity index (χ1) is 16.3. The van der Waals surface area contributed by atoms with Crippen LogP contribution in [0.4, 0.5) is 22.4 Å². The topological polar surface area (TPSA) is 86.7 Å². The summed E-state index contributed by atoms with van der Waals surface area (Å²) >= 11 is 12.2. The lowest BCUT2D eigenvalue weighted by Gasteiger charge is -2.44. The van der Waals surface area contributed by atoms with Gasteiger partial charge >= 0.3 is 12.3 Å². The van der Waals surface area contributed by atoms with Crippen molar-refractivity contribution in [3.63, 3.8) is 0 Å². The van der Waals surface area contributed by atoms with Crippen molar-refractivity contribution >= 4 is 41.5 Å². The van der Waals surface area contributed by atoms with Gasteiger partial charge in [0.15, 0.2) is 0 Å². The molecule has 0 saturated carbocycles. The lowest BCUT2D eigenvalue weighted by Crippen LogP contribution is -2.51. The van der Waals surface area contributed by atoms with E-state index in [-0.39, 0.29) is 34.0 Å². The monoisotopic (exact) mass is 536 g/mol. The Labute approximate surface area is 208 Å². The number of alkyl halides is 3. The molecule has 0 radical (unpaired) electrons. The molecule has 35 heavy (non-hydrogen) atoms. The number of hydrogen-bond donors (Lipinski definition) is 2. The lowest BCUT2D eigenvalue weighted by molar-refractivity contribution is -0.161. The first kappa shape index (κ1) is 28.4. The third kappa shape index (κ3) is 7.32. The number of likely N-dealkylation sites (N-methyl/N-ethyl adjacent to an activating group) is 1. The number of carboxylic acid groups (broad SMARTS) is 1. The molecule has 0 bridgehead atoms. The minimum absolute atomic E-state index is 0.0338. The molecule has 0 spiro atoms. The van der Waals surface area contributed by atoms with Crippen LogP contribution >= 0.6 is 23.2 Å². The highest BCUT2D eigenvalue weighted by Gasteiger charge is 2.45. The minimum atomic E-state index is -4.79. The van der Waals surface area contributed by atoms with E-state index < -0.39 is 48.4 Å². The van der Waals surface area contributed by atoms with Gasteiger partial charge in [-0.2, -0.15) is 13.2 Å². The third-order valence-electron chi connectivity index (χ3n) is 5.54. The zero-order chi connectivity index (χ0) is 26.4. The highest BCUT2D eigenvalue weighted by atomic mass is 35.5. The maximum atomic E-state index is 14.9. The van der Waals surface area contributed by atoms with Gasteiger partial charge < -0.3 is 20.1 Å². The first-order valence-electron chi connectivity index (χ1n) is 10.2. The predicted octanol–water partition coefficient (Wildman–Crippen LogP) is 5.77. The minimum Gasteiger partial charge on any atom is -0.465 e. The Hall–Kier alpha value is -2.85. The van der Waals surface area contributed by atoms with Gasteiger partial charge in [-0.25, -0.2) is 9.18 Å². The Morgan fingerprint density at radius 1 is 1.14 bits per heavy atom. The summed E-state index contributed by atoms with van der Waals surface area (Å²) in [7, 11) is 1.11. The quantitative estimate of drug-likeness (QED) is 0.298. The number of rotatable bonds is 10. The van der Waals surface area contributed by atoms with Crippen LogP contribution in [0.1, 0.15) is 36.4 Å². The molecule has 190 valence electrons. The Morgan fingerprint density at radius 2 is 1.80 bits per heavy atom. The van der Waals surface area contributed by atoms with Crippen LogP contribution in [0.15, 0.2) is 42.5 Å². The van der Waals surface area contributed by atoms with E-state index in [2.05, 4.69) is 5.32 Å². The van der Waals surface area contributed by atoms with E-state index in [0.29, 0.717) is 6.29 Å². The summed E-state index contributed by atoms with van der Waals surface area (Å²) in [6.45, 7) is -0.507. The fraction of sp³-hybridized carbons (Fsp3) is 0.348. The number of aldehydes is 1. The molecule has 1 unspecified atom stereocenters. The van der Waals surface area contributed by atoms with Crippen LogP contribution in [0, 0.1) is 5.82 Å². The molecule has 0 heterocycles. The molecular weight excluding hydrogens is 515 g/mol. The number of halogens is 6. The van der Waals surface area contributed by atoms with E-state index >= 15 is 0 Å². The van der Waals surface area contributed by atoms with Gasteiger partial charge in [-0.3, -0.25) is 4.79 Å². The molecule has 0 aliphatic rings. The summed E-state index contributed by atoms with van der Waals surface area (Å²) in [4.78, 5) is 36.3. The average Bonchev–Trinajstić information content (AvgIpc) is 2.76. The van der Waals surface area contributed by atoms with Gasteiger partial charge in [0.25, 0.3) is 0 Å². The van der Waals surface area contributed by atoms with Gasteiger partial charge in [0.1, 0.15) is 18.5 Å². The largest absolute Gasteiger partial charge is 0.465 e. The highest BCUT2D eigenvalue weighted by molar-refractivity contribution is 6.42. The number of amides is 2. The number of hydrogen-bond acceptors (Lipinski definition) is 3. The van der Waals surface area contributed by atoms with E-state index in [1.807, 2.05) is 0 Å². The maximum absolute atomic E-state index is 14.9. The Bertz CT molecular complexity index is 1080. The maximum Gasteiger partial charge on any atom is 0.405 e. The fourth-order valence-corrected chi connectivity index (χ4v) is 4.30. The summed E-state index contributed by atoms with van der Waals surface area (Å²) in [6, 6.07) is 7.97. The number of benzene rings is 2. The van der Waals surface area contributed by atoms with E-state index in [9.17, 15) is 37.1 Å². The van der Waals surface area contributed by atoms with Crippen molar-refractivity contribution in [1.29, 1.82) is 0 Å². The van der Waals surface area contributed by atoms with E-state index in [1.54, 1.807) is 0 Å². The van der Waals surface area contributed by atoms with Crippen LogP contribution in [0.5, 0.6) is 0 Å². The van der Waals surface area contributed by atoms with Crippen LogP contribution in [-0.4, -0.2) is 48.1 Å². The molecule has 2 rings (SSSR count).